The van der Waals surface area contributed by atoms with E-state index in [1.807, 2.05) is 24.3 Å². The van der Waals surface area contributed by atoms with Gasteiger partial charge in [-0.2, -0.15) is 0 Å². The number of allylic oxidation sites excluding steroid dienone is 3. The Bertz CT molecular complexity index is 1700. The minimum absolute atomic E-state index is 0.141. The van der Waals surface area contributed by atoms with Gasteiger partial charge in [0.25, 0.3) is 0 Å². The Morgan fingerprint density at radius 2 is 1.68 bits per heavy atom. The van der Waals surface area contributed by atoms with Crippen molar-refractivity contribution in [2.75, 3.05) is 13.1 Å². The SMILES string of the molecule is C=C(/C=C(\C=C/C)C(=O)O)c1nc2cc(CN3CCC(c4cc(Cl)cc(Cl)c4)CC3)ccc2n1CCc1ccc(CF)cc1. The van der Waals surface area contributed by atoms with Crippen LogP contribution >= 0.6 is 23.2 Å². The lowest BCUT2D eigenvalue weighted by Gasteiger charge is -2.32. The molecule has 0 atom stereocenters. The van der Waals surface area contributed by atoms with Gasteiger partial charge in [-0.1, -0.05) is 72.3 Å². The second-order valence-corrected chi connectivity index (χ2v) is 12.2. The van der Waals surface area contributed by atoms with Gasteiger partial charge in [-0.05, 0) is 104 Å². The van der Waals surface area contributed by atoms with Crippen molar-refractivity contribution in [2.24, 2.45) is 0 Å². The molecular weight excluding hydrogens is 596 g/mol. The largest absolute Gasteiger partial charge is 0.478 e. The predicted molar refractivity (Wildman–Crippen MR) is 178 cm³/mol. The van der Waals surface area contributed by atoms with Gasteiger partial charge in [-0.15, -0.1) is 0 Å². The third kappa shape index (κ3) is 7.68. The maximum Gasteiger partial charge on any atom is 0.335 e. The number of aliphatic carboxylic acids is 1. The van der Waals surface area contributed by atoms with E-state index >= 15 is 0 Å². The Morgan fingerprint density at radius 3 is 2.32 bits per heavy atom. The first kappa shape index (κ1) is 31.7. The third-order valence-electron chi connectivity index (χ3n) is 8.17. The molecule has 0 aliphatic carbocycles. The Kier molecular flexibility index (Phi) is 10.4. The minimum atomic E-state index is -1.02. The molecule has 0 unspecified atom stereocenters. The zero-order valence-electron chi connectivity index (χ0n) is 24.8. The number of imidazole rings is 1. The monoisotopic (exact) mass is 631 g/mol. The molecule has 0 radical (unpaired) electrons. The van der Waals surface area contributed by atoms with Crippen LogP contribution in [0.2, 0.25) is 10.0 Å². The van der Waals surface area contributed by atoms with Gasteiger partial charge in [0, 0.05) is 28.7 Å². The van der Waals surface area contributed by atoms with Crippen molar-refractivity contribution in [3.8, 4) is 0 Å². The number of benzene rings is 3. The van der Waals surface area contributed by atoms with E-state index in [4.69, 9.17) is 28.2 Å². The summed E-state index contributed by atoms with van der Waals surface area (Å²) < 4.78 is 15.1. The predicted octanol–water partition coefficient (Wildman–Crippen LogP) is 9.04. The molecule has 2 heterocycles. The summed E-state index contributed by atoms with van der Waals surface area (Å²) in [6.07, 6.45) is 7.58. The van der Waals surface area contributed by atoms with Crippen molar-refractivity contribution in [1.29, 1.82) is 0 Å². The van der Waals surface area contributed by atoms with E-state index in [1.54, 1.807) is 43.4 Å². The van der Waals surface area contributed by atoms with Gasteiger partial charge in [0.15, 0.2) is 0 Å². The Hall–Kier alpha value is -3.71. The van der Waals surface area contributed by atoms with Crippen LogP contribution in [0.1, 0.15) is 53.8 Å². The number of carbonyl (C=O) groups is 1. The molecule has 5 nitrogen and oxygen atoms in total. The first-order valence-electron chi connectivity index (χ1n) is 14.8. The molecule has 1 saturated heterocycles. The third-order valence-corrected chi connectivity index (χ3v) is 8.61. The van der Waals surface area contributed by atoms with Gasteiger partial charge in [0.2, 0.25) is 0 Å². The molecule has 0 saturated carbocycles. The number of carboxylic acids is 1. The van der Waals surface area contributed by atoms with Crippen LogP contribution in [0, 0.1) is 0 Å². The number of aryl methyl sites for hydroxylation is 2. The molecule has 0 bridgehead atoms. The summed E-state index contributed by atoms with van der Waals surface area (Å²) in [4.78, 5) is 19.2. The number of nitrogens with zero attached hydrogens (tertiary/aromatic N) is 3. The summed E-state index contributed by atoms with van der Waals surface area (Å²) >= 11 is 12.5. The highest BCUT2D eigenvalue weighted by molar-refractivity contribution is 6.34. The van der Waals surface area contributed by atoms with Gasteiger partial charge >= 0.3 is 5.97 Å². The first-order valence-corrected chi connectivity index (χ1v) is 15.6. The highest BCUT2D eigenvalue weighted by Crippen LogP contribution is 2.33. The summed E-state index contributed by atoms with van der Waals surface area (Å²) in [7, 11) is 0. The Morgan fingerprint density at radius 1 is 1.02 bits per heavy atom. The molecule has 5 rings (SSSR count). The van der Waals surface area contributed by atoms with Crippen LogP contribution in [0.4, 0.5) is 4.39 Å². The molecule has 1 aromatic heterocycles. The fraction of sp³-hybridized carbons (Fsp3) is 0.278. The molecule has 1 N–H and O–H groups in total. The molecule has 1 aliphatic heterocycles. The standard InChI is InChI=1S/C36H36Cl2FN3O2/c1-3-4-29(36(43)44)17-24(2)35-40-33-18-27(9-10-34(33)42(35)16-11-25-5-7-26(22-39)8-6-25)23-41-14-12-28(13-15-41)30-19-31(37)21-32(38)20-30/h3-10,17-21,28H,2,11-16,22-23H2,1H3,(H,43,44)/b4-3-,29-17+. The van der Waals surface area contributed by atoms with E-state index in [1.165, 1.54) is 11.1 Å². The smallest absolute Gasteiger partial charge is 0.335 e. The second-order valence-electron chi connectivity index (χ2n) is 11.3. The second kappa shape index (κ2) is 14.4. The van der Waals surface area contributed by atoms with Gasteiger partial charge in [0.1, 0.15) is 12.5 Å². The molecule has 8 heteroatoms. The van der Waals surface area contributed by atoms with E-state index in [9.17, 15) is 14.3 Å². The van der Waals surface area contributed by atoms with Crippen molar-refractivity contribution >= 4 is 45.8 Å². The number of hydrogen-bond donors (Lipinski definition) is 1. The topological polar surface area (TPSA) is 58.4 Å². The summed E-state index contributed by atoms with van der Waals surface area (Å²) in [5, 5.41) is 11.0. The van der Waals surface area contributed by atoms with Gasteiger partial charge in [-0.25, -0.2) is 14.2 Å². The quantitative estimate of drug-likeness (QED) is 0.132. The number of rotatable bonds is 11. The number of piperidine rings is 1. The minimum Gasteiger partial charge on any atom is -0.478 e. The lowest BCUT2D eigenvalue weighted by Crippen LogP contribution is -2.32. The lowest BCUT2D eigenvalue weighted by atomic mass is 9.89. The molecule has 4 aromatic rings. The Labute approximate surface area is 267 Å². The van der Waals surface area contributed by atoms with Crippen LogP contribution in [0.3, 0.4) is 0 Å². The summed E-state index contributed by atoms with van der Waals surface area (Å²) in [5.74, 6) is 0.0415. The van der Waals surface area contributed by atoms with E-state index in [0.29, 0.717) is 45.9 Å². The van der Waals surface area contributed by atoms with Gasteiger partial charge < -0.3 is 9.67 Å². The van der Waals surface area contributed by atoms with E-state index in [0.717, 1.165) is 49.1 Å². The molecule has 1 fully saturated rings. The number of hydrogen-bond acceptors (Lipinski definition) is 3. The first-order chi connectivity index (χ1) is 21.2. The van der Waals surface area contributed by atoms with Crippen LogP contribution in [0.25, 0.3) is 16.6 Å². The van der Waals surface area contributed by atoms with E-state index in [2.05, 4.69) is 34.2 Å². The molecule has 44 heavy (non-hydrogen) atoms. The number of carboxylic acid groups (broad SMARTS) is 1. The van der Waals surface area contributed by atoms with Crippen molar-refractivity contribution in [2.45, 2.75) is 51.9 Å². The van der Waals surface area contributed by atoms with Crippen molar-refractivity contribution in [3.63, 3.8) is 0 Å². The summed E-state index contributed by atoms with van der Waals surface area (Å²) in [5.41, 5.74) is 6.56. The van der Waals surface area contributed by atoms with Crippen LogP contribution in [-0.4, -0.2) is 38.6 Å². The molecule has 228 valence electrons. The van der Waals surface area contributed by atoms with Crippen LogP contribution < -0.4 is 0 Å². The maximum absolute atomic E-state index is 13.0. The highest BCUT2D eigenvalue weighted by atomic mass is 35.5. The molecule has 3 aromatic carbocycles. The zero-order chi connectivity index (χ0) is 31.2. The lowest BCUT2D eigenvalue weighted by molar-refractivity contribution is -0.132. The number of likely N-dealkylation sites (tertiary alicyclic amines) is 1. The number of aromatic nitrogens is 2. The average molecular weight is 633 g/mol. The molecular formula is C36H36Cl2FN3O2. The highest BCUT2D eigenvalue weighted by Gasteiger charge is 2.22. The zero-order valence-corrected chi connectivity index (χ0v) is 26.3. The fourth-order valence-corrected chi connectivity index (χ4v) is 6.43. The average Bonchev–Trinajstić information content (AvgIpc) is 3.37. The van der Waals surface area contributed by atoms with Crippen LogP contribution in [0.5, 0.6) is 0 Å². The number of fused-ring (bicyclic) bond motifs is 1. The summed E-state index contributed by atoms with van der Waals surface area (Å²) in [6, 6.07) is 19.7. The fourth-order valence-electron chi connectivity index (χ4n) is 5.89. The molecule has 0 amide bonds. The maximum atomic E-state index is 13.0. The van der Waals surface area contributed by atoms with Crippen molar-refractivity contribution < 1.29 is 14.3 Å². The van der Waals surface area contributed by atoms with Crippen molar-refractivity contribution in [3.05, 3.63) is 129 Å². The van der Waals surface area contributed by atoms with E-state index < -0.39 is 12.6 Å². The Balaban J connectivity index is 1.37. The molecule has 0 spiro atoms. The van der Waals surface area contributed by atoms with Crippen LogP contribution in [0.15, 0.2) is 91.0 Å². The number of alkyl halides is 1. The number of halogens is 3. The van der Waals surface area contributed by atoms with Crippen molar-refractivity contribution in [1.82, 2.24) is 14.5 Å². The van der Waals surface area contributed by atoms with E-state index in [-0.39, 0.29) is 5.57 Å². The van der Waals surface area contributed by atoms with Gasteiger partial charge in [-0.3, -0.25) is 4.90 Å². The summed E-state index contributed by atoms with van der Waals surface area (Å²) in [6.45, 7) is 8.85. The van der Waals surface area contributed by atoms with Gasteiger partial charge in [0.05, 0.1) is 16.6 Å². The molecule has 1 aliphatic rings. The van der Waals surface area contributed by atoms with Crippen LogP contribution in [-0.2, 0) is 31.0 Å². The normalized spacial score (nSPS) is 15.0.